The first-order valence-corrected chi connectivity index (χ1v) is 8.72. The quantitative estimate of drug-likeness (QED) is 0.401. The van der Waals surface area contributed by atoms with Gasteiger partial charge in [0.1, 0.15) is 5.69 Å². The van der Waals surface area contributed by atoms with Crippen LogP contribution in [0.4, 0.5) is 37.7 Å². The van der Waals surface area contributed by atoms with Gasteiger partial charge in [0.2, 0.25) is 5.91 Å². The number of nitrogens with zero attached hydrogens (tertiary/aromatic N) is 3. The number of anilines is 1. The van der Waals surface area contributed by atoms with E-state index in [1.54, 1.807) is 0 Å². The maximum Gasteiger partial charge on any atom is 0.416 e. The second-order valence-electron chi connectivity index (χ2n) is 6.84. The van der Waals surface area contributed by atoms with E-state index < -0.39 is 53.3 Å². The van der Waals surface area contributed by atoms with Crippen LogP contribution >= 0.6 is 0 Å². The van der Waals surface area contributed by atoms with Crippen LogP contribution < -0.4 is 4.90 Å². The number of benzene rings is 1. The lowest BCUT2D eigenvalue weighted by atomic mass is 9.94. The van der Waals surface area contributed by atoms with Crippen LogP contribution in [0.2, 0.25) is 0 Å². The summed E-state index contributed by atoms with van der Waals surface area (Å²) < 4.78 is 75.3. The minimum Gasteiger partial charge on any atom is -0.366 e. The lowest BCUT2D eigenvalue weighted by Crippen LogP contribution is -2.42. The molecule has 0 bridgehead atoms. The smallest absolute Gasteiger partial charge is 0.366 e. The number of alkyl halides is 6. The standard InChI is InChI=1S/C17H19F6N3O3/c1-24(9-6-16(18,19)20)15(27)11-4-7-25(8-5-11)13-3-2-12(17(21,22)23)10-14(13)26(28)29/h2-3,10-11H,4-9H2,1H3. The molecule has 1 fully saturated rings. The van der Waals surface area contributed by atoms with Crippen molar-refractivity contribution >= 4 is 17.3 Å². The molecular weight excluding hydrogens is 408 g/mol. The summed E-state index contributed by atoms with van der Waals surface area (Å²) in [6.45, 7) is -0.141. The normalized spacial score (nSPS) is 16.0. The van der Waals surface area contributed by atoms with Crippen LogP contribution in [-0.4, -0.2) is 48.6 Å². The highest BCUT2D eigenvalue weighted by molar-refractivity contribution is 5.79. The molecule has 0 unspecified atom stereocenters. The Kier molecular flexibility index (Phi) is 6.63. The zero-order valence-corrected chi connectivity index (χ0v) is 15.4. The van der Waals surface area contributed by atoms with Crippen molar-refractivity contribution in [2.24, 2.45) is 5.92 Å². The second-order valence-corrected chi connectivity index (χ2v) is 6.84. The molecule has 0 saturated carbocycles. The highest BCUT2D eigenvalue weighted by atomic mass is 19.4. The summed E-state index contributed by atoms with van der Waals surface area (Å²) in [5.41, 5.74) is -1.81. The number of piperidine rings is 1. The number of hydrogen-bond acceptors (Lipinski definition) is 4. The molecule has 0 spiro atoms. The van der Waals surface area contributed by atoms with E-state index in [2.05, 4.69) is 0 Å². The number of carbonyl (C=O) groups excluding carboxylic acids is 1. The number of carbonyl (C=O) groups is 1. The van der Waals surface area contributed by atoms with Crippen LogP contribution in [0.5, 0.6) is 0 Å². The summed E-state index contributed by atoms with van der Waals surface area (Å²) in [5.74, 6) is -0.992. The van der Waals surface area contributed by atoms with Gasteiger partial charge in [-0.25, -0.2) is 0 Å². The number of nitro groups is 1. The number of hydrogen-bond donors (Lipinski definition) is 0. The molecule has 1 amide bonds. The predicted molar refractivity (Wildman–Crippen MR) is 91.3 cm³/mol. The average molecular weight is 427 g/mol. The van der Waals surface area contributed by atoms with Gasteiger partial charge in [0, 0.05) is 38.7 Å². The van der Waals surface area contributed by atoms with Crippen LogP contribution in [0.25, 0.3) is 0 Å². The predicted octanol–water partition coefficient (Wildman–Crippen LogP) is 4.24. The number of rotatable bonds is 5. The molecule has 2 rings (SSSR count). The van der Waals surface area contributed by atoms with Gasteiger partial charge in [-0.3, -0.25) is 14.9 Å². The molecular formula is C17H19F6N3O3. The Morgan fingerprint density at radius 1 is 1.21 bits per heavy atom. The van der Waals surface area contributed by atoms with Crippen molar-refractivity contribution < 1.29 is 36.1 Å². The van der Waals surface area contributed by atoms with E-state index in [-0.39, 0.29) is 31.6 Å². The van der Waals surface area contributed by atoms with E-state index in [1.165, 1.54) is 11.9 Å². The average Bonchev–Trinajstić information content (AvgIpc) is 2.63. The van der Waals surface area contributed by atoms with Gasteiger partial charge in [-0.05, 0) is 25.0 Å². The Hall–Kier alpha value is -2.53. The summed E-state index contributed by atoms with van der Waals surface area (Å²) in [6.07, 6.45) is -9.75. The molecule has 0 aromatic heterocycles. The van der Waals surface area contributed by atoms with Gasteiger partial charge in [-0.1, -0.05) is 0 Å². The SMILES string of the molecule is CN(CCC(F)(F)F)C(=O)C1CCN(c2ccc(C(F)(F)F)cc2[N+](=O)[O-])CC1. The molecule has 1 aliphatic rings. The zero-order chi connectivity index (χ0) is 22.0. The van der Waals surface area contributed by atoms with Crippen molar-refractivity contribution in [2.75, 3.05) is 31.6 Å². The molecule has 1 aromatic carbocycles. The van der Waals surface area contributed by atoms with Crippen molar-refractivity contribution in [1.29, 1.82) is 0 Å². The fourth-order valence-corrected chi connectivity index (χ4v) is 3.20. The number of nitro benzene ring substituents is 1. The van der Waals surface area contributed by atoms with E-state index in [0.717, 1.165) is 17.0 Å². The van der Waals surface area contributed by atoms with Gasteiger partial charge < -0.3 is 9.80 Å². The van der Waals surface area contributed by atoms with Crippen molar-refractivity contribution in [3.05, 3.63) is 33.9 Å². The lowest BCUT2D eigenvalue weighted by Gasteiger charge is -2.34. The van der Waals surface area contributed by atoms with Crippen LogP contribution in [0.3, 0.4) is 0 Å². The Labute approximate surface area is 162 Å². The molecule has 0 aliphatic carbocycles. The van der Waals surface area contributed by atoms with Crippen molar-refractivity contribution in [1.82, 2.24) is 4.90 Å². The first-order valence-electron chi connectivity index (χ1n) is 8.72. The summed E-state index contributed by atoms with van der Waals surface area (Å²) in [6, 6.07) is 2.25. The van der Waals surface area contributed by atoms with Crippen LogP contribution in [0.1, 0.15) is 24.8 Å². The van der Waals surface area contributed by atoms with Crippen LogP contribution in [0, 0.1) is 16.0 Å². The Bertz CT molecular complexity index is 758. The van der Waals surface area contributed by atoms with Gasteiger partial charge in [0.05, 0.1) is 16.9 Å². The molecule has 12 heteroatoms. The molecule has 1 aliphatic heterocycles. The van der Waals surface area contributed by atoms with Gasteiger partial charge in [-0.15, -0.1) is 0 Å². The maximum absolute atomic E-state index is 12.8. The molecule has 0 radical (unpaired) electrons. The fourth-order valence-electron chi connectivity index (χ4n) is 3.20. The molecule has 29 heavy (non-hydrogen) atoms. The van der Waals surface area contributed by atoms with Crippen LogP contribution in [-0.2, 0) is 11.0 Å². The second kappa shape index (κ2) is 8.46. The van der Waals surface area contributed by atoms with E-state index in [9.17, 15) is 41.3 Å². The largest absolute Gasteiger partial charge is 0.416 e. The monoisotopic (exact) mass is 427 g/mol. The highest BCUT2D eigenvalue weighted by Gasteiger charge is 2.35. The fraction of sp³-hybridized carbons (Fsp3) is 0.588. The molecule has 1 aromatic rings. The summed E-state index contributed by atoms with van der Waals surface area (Å²) >= 11 is 0. The van der Waals surface area contributed by atoms with Gasteiger partial charge in [-0.2, -0.15) is 26.3 Å². The van der Waals surface area contributed by atoms with Crippen molar-refractivity contribution in [2.45, 2.75) is 31.6 Å². The lowest BCUT2D eigenvalue weighted by molar-refractivity contribution is -0.384. The van der Waals surface area contributed by atoms with Crippen molar-refractivity contribution in [3.8, 4) is 0 Å². The van der Waals surface area contributed by atoms with Crippen molar-refractivity contribution in [3.63, 3.8) is 0 Å². The molecule has 162 valence electrons. The Morgan fingerprint density at radius 2 is 1.79 bits per heavy atom. The first-order chi connectivity index (χ1) is 13.3. The Morgan fingerprint density at radius 3 is 2.28 bits per heavy atom. The van der Waals surface area contributed by atoms with Gasteiger partial charge in [0.15, 0.2) is 0 Å². The molecule has 1 saturated heterocycles. The molecule has 1 heterocycles. The molecule has 0 N–H and O–H groups in total. The summed E-state index contributed by atoms with van der Waals surface area (Å²) in [5, 5.41) is 11.2. The van der Waals surface area contributed by atoms with E-state index in [0.29, 0.717) is 6.07 Å². The molecule has 0 atom stereocenters. The maximum atomic E-state index is 12.8. The third-order valence-corrected chi connectivity index (χ3v) is 4.79. The number of halogens is 6. The third kappa shape index (κ3) is 5.97. The highest BCUT2D eigenvalue weighted by Crippen LogP contribution is 2.37. The van der Waals surface area contributed by atoms with Gasteiger partial charge in [0.25, 0.3) is 5.69 Å². The minimum absolute atomic E-state index is 0.0133. The Balaban J connectivity index is 2.05. The van der Waals surface area contributed by atoms with E-state index >= 15 is 0 Å². The first kappa shape index (κ1) is 22.8. The van der Waals surface area contributed by atoms with Gasteiger partial charge >= 0.3 is 12.4 Å². The number of amides is 1. The minimum atomic E-state index is -4.72. The van der Waals surface area contributed by atoms with E-state index in [4.69, 9.17) is 0 Å². The zero-order valence-electron chi connectivity index (χ0n) is 15.4. The summed E-state index contributed by atoms with van der Waals surface area (Å²) in [4.78, 5) is 25.1. The topological polar surface area (TPSA) is 66.7 Å². The van der Waals surface area contributed by atoms with E-state index in [1.807, 2.05) is 0 Å². The van der Waals surface area contributed by atoms with Crippen LogP contribution in [0.15, 0.2) is 18.2 Å². The third-order valence-electron chi connectivity index (χ3n) is 4.79. The summed E-state index contributed by atoms with van der Waals surface area (Å²) in [7, 11) is 1.28. The molecule has 6 nitrogen and oxygen atoms in total.